The largest absolute Gasteiger partial charge is 0.295 e. The lowest BCUT2D eigenvalue weighted by atomic mass is 9.52. The van der Waals surface area contributed by atoms with E-state index in [1.807, 2.05) is 6.08 Å². The van der Waals surface area contributed by atoms with Gasteiger partial charge < -0.3 is 0 Å². The van der Waals surface area contributed by atoms with E-state index in [2.05, 4.69) is 13.5 Å². The highest BCUT2D eigenvalue weighted by atomic mass is 16.1. The van der Waals surface area contributed by atoms with Crippen LogP contribution in [-0.2, 0) is 4.79 Å². The van der Waals surface area contributed by atoms with E-state index in [-0.39, 0.29) is 0 Å². The van der Waals surface area contributed by atoms with Crippen molar-refractivity contribution in [2.45, 2.75) is 58.3 Å². The second kappa shape index (κ2) is 4.32. The van der Waals surface area contributed by atoms with Crippen LogP contribution in [0.3, 0.4) is 0 Å². The molecular formula is C19H26O. The van der Waals surface area contributed by atoms with E-state index in [1.54, 1.807) is 0 Å². The molecule has 0 radical (unpaired) electrons. The van der Waals surface area contributed by atoms with Crippen molar-refractivity contribution in [2.75, 3.05) is 0 Å². The quantitative estimate of drug-likeness (QED) is 0.584. The van der Waals surface area contributed by atoms with Crippen molar-refractivity contribution < 1.29 is 4.79 Å². The van der Waals surface area contributed by atoms with E-state index >= 15 is 0 Å². The second-order valence-corrected chi connectivity index (χ2v) is 7.90. The average molecular weight is 270 g/mol. The maximum absolute atomic E-state index is 11.7. The van der Waals surface area contributed by atoms with Crippen LogP contribution in [0.5, 0.6) is 0 Å². The first-order chi connectivity index (χ1) is 9.59. The molecule has 4 aliphatic carbocycles. The fourth-order valence-corrected chi connectivity index (χ4v) is 6.09. The number of carbonyl (C=O) groups excluding carboxylic acids is 1. The zero-order chi connectivity index (χ0) is 13.9. The van der Waals surface area contributed by atoms with Gasteiger partial charge in [0.25, 0.3) is 0 Å². The third kappa shape index (κ3) is 1.64. The number of allylic oxidation sites excluding steroid dienone is 2. The summed E-state index contributed by atoms with van der Waals surface area (Å²) in [4.78, 5) is 11.7. The van der Waals surface area contributed by atoms with Crippen molar-refractivity contribution in [3.8, 4) is 0 Å². The number of carbonyl (C=O) groups is 1. The molecule has 0 aromatic carbocycles. The molecule has 3 saturated carbocycles. The van der Waals surface area contributed by atoms with Gasteiger partial charge in [-0.2, -0.15) is 0 Å². The van der Waals surface area contributed by atoms with Crippen LogP contribution in [0.25, 0.3) is 0 Å². The summed E-state index contributed by atoms with van der Waals surface area (Å²) >= 11 is 0. The van der Waals surface area contributed by atoms with Crippen LogP contribution in [0, 0.1) is 29.1 Å². The van der Waals surface area contributed by atoms with Crippen LogP contribution in [0.4, 0.5) is 0 Å². The van der Waals surface area contributed by atoms with Gasteiger partial charge in [-0.3, -0.25) is 4.79 Å². The summed E-state index contributed by atoms with van der Waals surface area (Å²) in [5, 5.41) is 0. The van der Waals surface area contributed by atoms with Gasteiger partial charge in [0.05, 0.1) is 0 Å². The van der Waals surface area contributed by atoms with Gasteiger partial charge in [-0.15, -0.1) is 0 Å². The molecule has 1 heteroatoms. The van der Waals surface area contributed by atoms with Crippen LogP contribution in [0.15, 0.2) is 23.8 Å². The first kappa shape index (κ1) is 12.9. The Morgan fingerprint density at radius 1 is 1.10 bits per heavy atom. The monoisotopic (exact) mass is 270 g/mol. The second-order valence-electron chi connectivity index (χ2n) is 7.90. The number of hydrogen-bond donors (Lipinski definition) is 0. The topological polar surface area (TPSA) is 17.1 Å². The summed E-state index contributed by atoms with van der Waals surface area (Å²) in [7, 11) is 0. The Bertz CT molecular complexity index is 500. The van der Waals surface area contributed by atoms with Gasteiger partial charge in [-0.1, -0.05) is 24.6 Å². The minimum absolute atomic E-state index is 0.379. The van der Waals surface area contributed by atoms with Gasteiger partial charge in [0.2, 0.25) is 0 Å². The Morgan fingerprint density at radius 2 is 1.95 bits per heavy atom. The fraction of sp³-hybridized carbons (Fsp3) is 0.737. The molecule has 1 nitrogen and oxygen atoms in total. The first-order valence-electron chi connectivity index (χ1n) is 8.51. The lowest BCUT2D eigenvalue weighted by Crippen LogP contribution is -2.44. The Kier molecular flexibility index (Phi) is 2.78. The molecule has 0 amide bonds. The molecule has 20 heavy (non-hydrogen) atoms. The SMILES string of the molecule is C=C1CCC2C3CCC4=CC(=O)CCC4C3CCC12C. The lowest BCUT2D eigenvalue weighted by Gasteiger charge is -2.53. The van der Waals surface area contributed by atoms with E-state index in [1.165, 1.54) is 49.7 Å². The zero-order valence-electron chi connectivity index (χ0n) is 12.7. The molecule has 0 saturated heterocycles. The standard InChI is InChI=1S/C19H26O/c1-12-3-8-18-17-6-4-13-11-14(20)5-7-15(13)16(17)9-10-19(12,18)2/h11,15-18H,1,3-10H2,2H3. The Morgan fingerprint density at radius 3 is 2.80 bits per heavy atom. The lowest BCUT2D eigenvalue weighted by molar-refractivity contribution is -0.115. The fourth-order valence-electron chi connectivity index (χ4n) is 6.09. The maximum Gasteiger partial charge on any atom is 0.155 e. The average Bonchev–Trinajstić information content (AvgIpc) is 2.74. The molecule has 3 fully saturated rings. The molecule has 0 aliphatic heterocycles. The highest BCUT2D eigenvalue weighted by molar-refractivity contribution is 5.91. The molecule has 4 aliphatic rings. The number of hydrogen-bond acceptors (Lipinski definition) is 1. The summed E-state index contributed by atoms with van der Waals surface area (Å²) in [6, 6.07) is 0. The molecule has 108 valence electrons. The molecule has 4 rings (SSSR count). The van der Waals surface area contributed by atoms with Crippen LogP contribution < -0.4 is 0 Å². The summed E-state index contributed by atoms with van der Waals surface area (Å²) in [6.45, 7) is 6.87. The van der Waals surface area contributed by atoms with E-state index in [9.17, 15) is 4.79 Å². The molecule has 5 atom stereocenters. The third-order valence-electron chi connectivity index (χ3n) is 7.25. The van der Waals surface area contributed by atoms with Gasteiger partial charge in [-0.25, -0.2) is 0 Å². The number of ketones is 1. The molecular weight excluding hydrogens is 244 g/mol. The molecule has 0 aromatic rings. The predicted molar refractivity (Wildman–Crippen MR) is 81.2 cm³/mol. The van der Waals surface area contributed by atoms with Crippen molar-refractivity contribution in [2.24, 2.45) is 29.1 Å². The molecule has 0 spiro atoms. The van der Waals surface area contributed by atoms with E-state index in [0.29, 0.717) is 11.2 Å². The molecule has 5 unspecified atom stereocenters. The summed E-state index contributed by atoms with van der Waals surface area (Å²) in [5.74, 6) is 3.78. The van der Waals surface area contributed by atoms with Crippen molar-refractivity contribution in [3.63, 3.8) is 0 Å². The Balaban J connectivity index is 1.65. The van der Waals surface area contributed by atoms with Crippen LogP contribution >= 0.6 is 0 Å². The minimum atomic E-state index is 0.379. The van der Waals surface area contributed by atoms with Crippen molar-refractivity contribution in [1.29, 1.82) is 0 Å². The van der Waals surface area contributed by atoms with E-state index < -0.39 is 0 Å². The van der Waals surface area contributed by atoms with E-state index in [0.717, 1.165) is 36.5 Å². The van der Waals surface area contributed by atoms with Crippen molar-refractivity contribution in [1.82, 2.24) is 0 Å². The zero-order valence-corrected chi connectivity index (χ0v) is 12.7. The van der Waals surface area contributed by atoms with Gasteiger partial charge >= 0.3 is 0 Å². The normalized spacial score (nSPS) is 47.4. The summed E-state index contributed by atoms with van der Waals surface area (Å²) < 4.78 is 0. The highest BCUT2D eigenvalue weighted by Gasteiger charge is 2.53. The van der Waals surface area contributed by atoms with Gasteiger partial charge in [-0.05, 0) is 80.1 Å². The van der Waals surface area contributed by atoms with Gasteiger partial charge in [0.1, 0.15) is 0 Å². The first-order valence-corrected chi connectivity index (χ1v) is 8.51. The summed E-state index contributed by atoms with van der Waals surface area (Å²) in [6.07, 6.45) is 11.8. The number of fused-ring (bicyclic) bond motifs is 5. The summed E-state index contributed by atoms with van der Waals surface area (Å²) in [5.41, 5.74) is 3.47. The molecule has 0 aromatic heterocycles. The number of rotatable bonds is 0. The Hall–Kier alpha value is -0.850. The molecule has 0 N–H and O–H groups in total. The van der Waals surface area contributed by atoms with Crippen LogP contribution in [0.2, 0.25) is 0 Å². The van der Waals surface area contributed by atoms with E-state index in [4.69, 9.17) is 0 Å². The van der Waals surface area contributed by atoms with Crippen molar-refractivity contribution >= 4 is 5.78 Å². The molecule has 0 bridgehead atoms. The van der Waals surface area contributed by atoms with Crippen LogP contribution in [0.1, 0.15) is 58.3 Å². The third-order valence-corrected chi connectivity index (χ3v) is 7.25. The van der Waals surface area contributed by atoms with Crippen molar-refractivity contribution in [3.05, 3.63) is 23.8 Å². The van der Waals surface area contributed by atoms with Gasteiger partial charge in [0, 0.05) is 6.42 Å². The smallest absolute Gasteiger partial charge is 0.155 e. The highest BCUT2D eigenvalue weighted by Crippen LogP contribution is 2.63. The minimum Gasteiger partial charge on any atom is -0.295 e. The van der Waals surface area contributed by atoms with Gasteiger partial charge in [0.15, 0.2) is 5.78 Å². The van der Waals surface area contributed by atoms with Crippen LogP contribution in [-0.4, -0.2) is 5.78 Å². The predicted octanol–water partition coefficient (Wildman–Crippen LogP) is 4.68. The molecule has 0 heterocycles. The maximum atomic E-state index is 11.7. The Labute approximate surface area is 122 Å².